The highest BCUT2D eigenvalue weighted by molar-refractivity contribution is 7.99. The monoisotopic (exact) mass is 495 g/mol. The van der Waals surface area contributed by atoms with E-state index in [4.69, 9.17) is 4.42 Å². The van der Waals surface area contributed by atoms with Crippen molar-refractivity contribution in [3.8, 4) is 17.3 Å². The fraction of sp³-hybridized carbons (Fsp3) is 0.462. The van der Waals surface area contributed by atoms with E-state index in [-0.39, 0.29) is 23.6 Å². The number of carbonyl (C=O) groups is 2. The van der Waals surface area contributed by atoms with E-state index >= 15 is 0 Å². The van der Waals surface area contributed by atoms with Crippen molar-refractivity contribution in [1.82, 2.24) is 24.6 Å². The number of piperazine rings is 1. The molecular formula is C26H33N5O3S. The zero-order valence-corrected chi connectivity index (χ0v) is 21.5. The van der Waals surface area contributed by atoms with Crippen LogP contribution in [0.15, 0.2) is 52.2 Å². The van der Waals surface area contributed by atoms with E-state index in [1.807, 2.05) is 58.5 Å². The Hall–Kier alpha value is -3.07. The Kier molecular flexibility index (Phi) is 8.28. The molecule has 0 N–H and O–H groups in total. The van der Waals surface area contributed by atoms with Crippen LogP contribution >= 0.6 is 11.8 Å². The second-order valence-electron chi connectivity index (χ2n) is 8.98. The standard InChI is InChI=1S/C26H33N5O3S/c1-4-5-6-12-23(32)30-14-13-29(17-20(30)3)24(33)18-35-26-28-27-25(22-11-8-15-34-22)31(26)21-10-7-9-19(2)16-21/h7-11,15-16,20H,4-6,12-14,17-18H2,1-3H3. The molecule has 1 saturated heterocycles. The minimum atomic E-state index is 0.0216. The SMILES string of the molecule is CCCCCC(=O)N1CCN(C(=O)CSc2nnc(-c3ccco3)n2-c2cccc(C)c2)CC1C. The van der Waals surface area contributed by atoms with E-state index in [9.17, 15) is 9.59 Å². The number of furan rings is 1. The maximum atomic E-state index is 13.1. The van der Waals surface area contributed by atoms with Gasteiger partial charge in [-0.1, -0.05) is 43.7 Å². The maximum Gasteiger partial charge on any atom is 0.233 e. The van der Waals surface area contributed by atoms with E-state index < -0.39 is 0 Å². The molecule has 0 bridgehead atoms. The van der Waals surface area contributed by atoms with E-state index in [2.05, 4.69) is 23.2 Å². The Bertz CT molecular complexity index is 1140. The molecule has 0 saturated carbocycles. The fourth-order valence-corrected chi connectivity index (χ4v) is 5.23. The van der Waals surface area contributed by atoms with E-state index in [0.717, 1.165) is 30.5 Å². The van der Waals surface area contributed by atoms with Gasteiger partial charge < -0.3 is 14.2 Å². The van der Waals surface area contributed by atoms with Crippen LogP contribution in [0, 0.1) is 6.92 Å². The Labute approximate surface area is 210 Å². The molecule has 8 nitrogen and oxygen atoms in total. The summed E-state index contributed by atoms with van der Waals surface area (Å²) in [6.07, 6.45) is 5.30. The fourth-order valence-electron chi connectivity index (χ4n) is 4.37. The molecule has 1 unspecified atom stereocenters. The first kappa shape index (κ1) is 25.0. The maximum absolute atomic E-state index is 13.1. The molecule has 3 heterocycles. The summed E-state index contributed by atoms with van der Waals surface area (Å²) in [7, 11) is 0. The van der Waals surface area contributed by atoms with Crippen LogP contribution in [0.1, 0.15) is 45.1 Å². The lowest BCUT2D eigenvalue weighted by atomic mass is 10.1. The minimum absolute atomic E-state index is 0.0216. The minimum Gasteiger partial charge on any atom is -0.461 e. The van der Waals surface area contributed by atoms with Gasteiger partial charge in [0.1, 0.15) is 0 Å². The Morgan fingerprint density at radius 3 is 2.69 bits per heavy atom. The number of thioether (sulfide) groups is 1. The highest BCUT2D eigenvalue weighted by Gasteiger charge is 2.29. The number of rotatable bonds is 9. The van der Waals surface area contributed by atoms with Gasteiger partial charge in [-0.2, -0.15) is 0 Å². The lowest BCUT2D eigenvalue weighted by Gasteiger charge is -2.40. The molecule has 186 valence electrons. The van der Waals surface area contributed by atoms with Gasteiger partial charge in [-0.15, -0.1) is 10.2 Å². The van der Waals surface area contributed by atoms with Crippen molar-refractivity contribution in [2.24, 2.45) is 0 Å². The Morgan fingerprint density at radius 2 is 1.97 bits per heavy atom. The first-order valence-corrected chi connectivity index (χ1v) is 13.2. The average molecular weight is 496 g/mol. The van der Waals surface area contributed by atoms with Gasteiger partial charge >= 0.3 is 0 Å². The Balaban J connectivity index is 1.42. The number of aryl methyl sites for hydroxylation is 1. The van der Waals surface area contributed by atoms with Crippen LogP contribution in [-0.2, 0) is 9.59 Å². The summed E-state index contributed by atoms with van der Waals surface area (Å²) >= 11 is 1.37. The van der Waals surface area contributed by atoms with Crippen molar-refractivity contribution in [3.63, 3.8) is 0 Å². The topological polar surface area (TPSA) is 84.5 Å². The third-order valence-electron chi connectivity index (χ3n) is 6.25. The van der Waals surface area contributed by atoms with Gasteiger partial charge in [-0.25, -0.2) is 0 Å². The quantitative estimate of drug-likeness (QED) is 0.319. The summed E-state index contributed by atoms with van der Waals surface area (Å²) in [6.45, 7) is 7.90. The zero-order chi connectivity index (χ0) is 24.8. The predicted molar refractivity (Wildman–Crippen MR) is 136 cm³/mol. The summed E-state index contributed by atoms with van der Waals surface area (Å²) in [4.78, 5) is 29.4. The molecule has 9 heteroatoms. The van der Waals surface area contributed by atoms with Crippen molar-refractivity contribution in [3.05, 3.63) is 48.2 Å². The first-order valence-electron chi connectivity index (χ1n) is 12.2. The molecule has 0 spiro atoms. The smallest absolute Gasteiger partial charge is 0.233 e. The molecule has 1 aliphatic heterocycles. The molecule has 35 heavy (non-hydrogen) atoms. The van der Waals surface area contributed by atoms with E-state index in [1.165, 1.54) is 11.8 Å². The first-order chi connectivity index (χ1) is 17.0. The van der Waals surface area contributed by atoms with Gasteiger partial charge in [0.2, 0.25) is 17.6 Å². The van der Waals surface area contributed by atoms with Gasteiger partial charge in [0.15, 0.2) is 10.9 Å². The van der Waals surface area contributed by atoms with Crippen LogP contribution in [0.25, 0.3) is 17.3 Å². The Morgan fingerprint density at radius 1 is 1.11 bits per heavy atom. The number of benzene rings is 1. The average Bonchev–Trinajstić information content (AvgIpc) is 3.52. The van der Waals surface area contributed by atoms with Crippen LogP contribution in [0.4, 0.5) is 0 Å². The largest absolute Gasteiger partial charge is 0.461 e. The summed E-state index contributed by atoms with van der Waals surface area (Å²) in [5, 5.41) is 9.36. The molecule has 1 atom stereocenters. The molecule has 1 fully saturated rings. The van der Waals surface area contributed by atoms with Gasteiger partial charge in [0.05, 0.1) is 17.7 Å². The van der Waals surface area contributed by atoms with Gasteiger partial charge in [0, 0.05) is 32.1 Å². The van der Waals surface area contributed by atoms with Crippen LogP contribution in [0.5, 0.6) is 0 Å². The van der Waals surface area contributed by atoms with Gasteiger partial charge in [-0.05, 0) is 50.1 Å². The van der Waals surface area contributed by atoms with Crippen LogP contribution in [-0.4, -0.2) is 67.8 Å². The third kappa shape index (κ3) is 5.96. The van der Waals surface area contributed by atoms with E-state index in [0.29, 0.717) is 42.8 Å². The molecule has 1 aromatic carbocycles. The second kappa shape index (κ2) is 11.6. The number of amides is 2. The normalized spacial score (nSPS) is 16.0. The second-order valence-corrected chi connectivity index (χ2v) is 9.92. The molecule has 2 aromatic heterocycles. The summed E-state index contributed by atoms with van der Waals surface area (Å²) in [5.41, 5.74) is 2.03. The van der Waals surface area contributed by atoms with Gasteiger partial charge in [0.25, 0.3) is 0 Å². The summed E-state index contributed by atoms with van der Waals surface area (Å²) in [5.74, 6) is 1.70. The number of hydrogen-bond donors (Lipinski definition) is 0. The van der Waals surface area contributed by atoms with Crippen LogP contribution in [0.2, 0.25) is 0 Å². The van der Waals surface area contributed by atoms with E-state index in [1.54, 1.807) is 6.26 Å². The summed E-state index contributed by atoms with van der Waals surface area (Å²) < 4.78 is 7.51. The molecular weight excluding hydrogens is 462 g/mol. The number of nitrogens with zero attached hydrogens (tertiary/aromatic N) is 5. The van der Waals surface area contributed by atoms with Crippen molar-refractivity contribution >= 4 is 23.6 Å². The number of aromatic nitrogens is 3. The number of carbonyl (C=O) groups excluding carboxylic acids is 2. The number of hydrogen-bond acceptors (Lipinski definition) is 6. The molecule has 0 radical (unpaired) electrons. The lowest BCUT2D eigenvalue weighted by Crippen LogP contribution is -2.55. The van der Waals surface area contributed by atoms with Gasteiger partial charge in [-0.3, -0.25) is 14.2 Å². The number of unbranched alkanes of at least 4 members (excludes halogenated alkanes) is 2. The predicted octanol–water partition coefficient (Wildman–Crippen LogP) is 4.57. The van der Waals surface area contributed by atoms with Crippen molar-refractivity contribution in [2.45, 2.75) is 57.7 Å². The van der Waals surface area contributed by atoms with Crippen LogP contribution in [0.3, 0.4) is 0 Å². The van der Waals surface area contributed by atoms with Crippen molar-refractivity contribution in [2.75, 3.05) is 25.4 Å². The molecule has 3 aromatic rings. The van der Waals surface area contributed by atoms with Crippen LogP contribution < -0.4 is 0 Å². The molecule has 0 aliphatic carbocycles. The molecule has 4 rings (SSSR count). The summed E-state index contributed by atoms with van der Waals surface area (Å²) in [6, 6.07) is 11.8. The lowest BCUT2D eigenvalue weighted by molar-refractivity contribution is -0.141. The highest BCUT2D eigenvalue weighted by Crippen LogP contribution is 2.29. The molecule has 1 aliphatic rings. The third-order valence-corrected chi connectivity index (χ3v) is 7.17. The molecule has 2 amide bonds. The van der Waals surface area contributed by atoms with Crippen molar-refractivity contribution in [1.29, 1.82) is 0 Å². The van der Waals surface area contributed by atoms with Crippen molar-refractivity contribution < 1.29 is 14.0 Å². The highest BCUT2D eigenvalue weighted by atomic mass is 32.2. The zero-order valence-electron chi connectivity index (χ0n) is 20.6.